The topological polar surface area (TPSA) is 66.1 Å². The third-order valence-electron chi connectivity index (χ3n) is 4.57. The Labute approximate surface area is 183 Å². The van der Waals surface area contributed by atoms with Crippen molar-refractivity contribution in [3.63, 3.8) is 0 Å². The summed E-state index contributed by atoms with van der Waals surface area (Å²) in [7, 11) is 1.77. The molecule has 2 atom stereocenters. The molecule has 29 heavy (non-hydrogen) atoms. The van der Waals surface area contributed by atoms with E-state index >= 15 is 0 Å². The van der Waals surface area contributed by atoms with Crippen LogP contribution in [0.3, 0.4) is 0 Å². The summed E-state index contributed by atoms with van der Waals surface area (Å²) in [5.41, 5.74) is 0.930. The second-order valence-electron chi connectivity index (χ2n) is 6.82. The molecule has 5 heteroatoms. The van der Waals surface area contributed by atoms with Crippen LogP contribution in [0.25, 0.3) is 0 Å². The number of nitrogens with zero attached hydrogens (tertiary/aromatic N) is 1. The van der Waals surface area contributed by atoms with Crippen molar-refractivity contribution in [3.05, 3.63) is 96.6 Å². The van der Waals surface area contributed by atoms with Gasteiger partial charge in [-0.25, -0.2) is 0 Å². The zero-order chi connectivity index (χ0) is 21.1. The van der Waals surface area contributed by atoms with Crippen molar-refractivity contribution in [2.45, 2.75) is 19.1 Å². The molecule has 0 saturated heterocycles. The molecule has 2 radical (unpaired) electrons. The van der Waals surface area contributed by atoms with E-state index in [2.05, 4.69) is 60.7 Å². The van der Waals surface area contributed by atoms with E-state index in [9.17, 15) is 4.79 Å². The number of hydrogen-bond acceptors (Lipinski definition) is 2. The molecular weight excluding hydrogens is 469 g/mol. The van der Waals surface area contributed by atoms with Gasteiger partial charge in [0.25, 0.3) is 0 Å². The number of hydrogen-bond donors (Lipinski definition) is 0. The summed E-state index contributed by atoms with van der Waals surface area (Å²) >= 11 is -0.517. The minimum atomic E-state index is -0.616. The molecule has 0 spiro atoms. The first-order valence-electron chi connectivity index (χ1n) is 9.55. The van der Waals surface area contributed by atoms with E-state index in [1.54, 1.807) is 11.9 Å². The predicted octanol–water partition coefficient (Wildman–Crippen LogP) is 1.37. The second-order valence-corrected chi connectivity index (χ2v) is 10.8. The first-order chi connectivity index (χ1) is 14.0. The van der Waals surface area contributed by atoms with Crippen LogP contribution in [0, 0.1) is 0 Å². The molecule has 0 saturated carbocycles. The van der Waals surface area contributed by atoms with Gasteiger partial charge in [-0.2, -0.15) is 0 Å². The van der Waals surface area contributed by atoms with Crippen LogP contribution in [0.15, 0.2) is 91.0 Å². The maximum absolute atomic E-state index is 10.7. The van der Waals surface area contributed by atoms with Crippen molar-refractivity contribution >= 4 is 34.3 Å². The number of carbonyl (C=O) groups excluding carboxylic acids is 1. The SMILES string of the molecule is CC(C([OH2+])c1ccccc1)N(C)CC(=O)[OH2+].c1cc[c]([Sn][c]2ccccc2)cc1. The first kappa shape index (κ1) is 23.1. The quantitative estimate of drug-likeness (QED) is 0.365. The van der Waals surface area contributed by atoms with Gasteiger partial charge >= 0.3 is 94.9 Å². The van der Waals surface area contributed by atoms with E-state index < -0.39 is 33.2 Å². The summed E-state index contributed by atoms with van der Waals surface area (Å²) in [5.74, 6) is -0.616. The van der Waals surface area contributed by atoms with Gasteiger partial charge in [-0.3, -0.25) is 4.90 Å². The molecule has 0 amide bonds. The van der Waals surface area contributed by atoms with Crippen LogP contribution < -0.4 is 7.16 Å². The van der Waals surface area contributed by atoms with Crippen molar-refractivity contribution in [2.75, 3.05) is 13.6 Å². The molecule has 150 valence electrons. The van der Waals surface area contributed by atoms with Crippen molar-refractivity contribution in [2.24, 2.45) is 0 Å². The van der Waals surface area contributed by atoms with Gasteiger partial charge in [-0.1, -0.05) is 30.3 Å². The summed E-state index contributed by atoms with van der Waals surface area (Å²) in [6, 6.07) is 31.0. The molecule has 0 aliphatic heterocycles. The molecule has 0 aliphatic rings. The maximum atomic E-state index is 10.7. The van der Waals surface area contributed by atoms with Gasteiger partial charge in [0.1, 0.15) is 0 Å². The number of carbonyl (C=O) groups is 1. The van der Waals surface area contributed by atoms with Crippen molar-refractivity contribution < 1.29 is 15.0 Å². The van der Waals surface area contributed by atoms with Gasteiger partial charge in [0.15, 0.2) is 12.6 Å². The number of likely N-dealkylation sites (N-methyl/N-ethyl adjacent to an activating group) is 1. The molecule has 0 aliphatic carbocycles. The van der Waals surface area contributed by atoms with E-state index in [1.165, 1.54) is 7.16 Å². The minimum absolute atomic E-state index is 0.0728. The van der Waals surface area contributed by atoms with Crippen LogP contribution in [-0.4, -0.2) is 61.9 Å². The van der Waals surface area contributed by atoms with Crippen LogP contribution in [0.4, 0.5) is 0 Å². The summed E-state index contributed by atoms with van der Waals surface area (Å²) in [5, 5.41) is 15.0. The monoisotopic (exact) mass is 499 g/mol. The number of rotatable bonds is 7. The van der Waals surface area contributed by atoms with Gasteiger partial charge in [-0.05, 0) is 14.0 Å². The van der Waals surface area contributed by atoms with Crippen molar-refractivity contribution in [1.82, 2.24) is 4.90 Å². The molecule has 4 nitrogen and oxygen atoms in total. The molecule has 3 aromatic carbocycles. The summed E-state index contributed by atoms with van der Waals surface area (Å²) in [4.78, 5) is 12.4. The Morgan fingerprint density at radius 2 is 1.28 bits per heavy atom. The molecule has 0 bridgehead atoms. The Bertz CT molecular complexity index is 806. The van der Waals surface area contributed by atoms with E-state index in [0.717, 1.165) is 5.56 Å². The molecule has 0 fully saturated rings. The molecule has 3 aromatic rings. The fourth-order valence-electron chi connectivity index (χ4n) is 2.77. The van der Waals surface area contributed by atoms with E-state index in [0.29, 0.717) is 0 Å². The molecule has 0 heterocycles. The van der Waals surface area contributed by atoms with Crippen LogP contribution in [0.2, 0.25) is 0 Å². The second kappa shape index (κ2) is 12.4. The zero-order valence-electron chi connectivity index (χ0n) is 16.9. The van der Waals surface area contributed by atoms with Crippen molar-refractivity contribution in [3.8, 4) is 0 Å². The van der Waals surface area contributed by atoms with Gasteiger partial charge in [-0.15, -0.1) is 0 Å². The molecule has 0 aromatic heterocycles. The average molecular weight is 498 g/mol. The van der Waals surface area contributed by atoms with Crippen LogP contribution >= 0.6 is 0 Å². The van der Waals surface area contributed by atoms with Crippen LogP contribution in [0.5, 0.6) is 0 Å². The Morgan fingerprint density at radius 1 is 0.862 bits per heavy atom. The van der Waals surface area contributed by atoms with Gasteiger partial charge in [0.05, 0.1) is 6.04 Å². The predicted molar refractivity (Wildman–Crippen MR) is 121 cm³/mol. The summed E-state index contributed by atoms with van der Waals surface area (Å²) in [6.45, 7) is 1.97. The first-order valence-corrected chi connectivity index (χ1v) is 12.4. The Hall–Kier alpha value is -2.15. The average Bonchev–Trinajstić information content (AvgIpc) is 2.75. The molecule has 3 rings (SSSR count). The molecular formula is C24H29NO3Sn+2. The third kappa shape index (κ3) is 8.39. The molecule has 2 unspecified atom stereocenters. The third-order valence-corrected chi connectivity index (χ3v) is 8.12. The normalized spacial score (nSPS) is 12.6. The molecule has 4 N–H and O–H groups in total. The fraction of sp³-hybridized carbons (Fsp3) is 0.208. The summed E-state index contributed by atoms with van der Waals surface area (Å²) < 4.78 is 3.08. The standard InChI is InChI=1S/C12H17NO3.2C6H5.Sn/c1-9(13(2)8-11(14)15)12(16)10-6-4-3-5-7-10;2*1-2-4-6-5-3-1;/h3-7,9,12,16H,8H2,1-2H3,(H,14,15);2*1-5H;/p+2. The van der Waals surface area contributed by atoms with Gasteiger partial charge < -0.3 is 10.2 Å². The van der Waals surface area contributed by atoms with E-state index in [4.69, 9.17) is 10.2 Å². The van der Waals surface area contributed by atoms with Crippen LogP contribution in [-0.2, 0) is 4.79 Å². The fourth-order valence-corrected chi connectivity index (χ4v) is 5.77. The summed E-state index contributed by atoms with van der Waals surface area (Å²) in [6.07, 6.45) is -0.398. The van der Waals surface area contributed by atoms with Gasteiger partial charge in [0, 0.05) is 10.4 Å². The van der Waals surface area contributed by atoms with Gasteiger partial charge in [0.2, 0.25) is 0 Å². The van der Waals surface area contributed by atoms with E-state index in [-0.39, 0.29) is 12.6 Å². The van der Waals surface area contributed by atoms with Crippen molar-refractivity contribution in [1.29, 1.82) is 0 Å². The number of benzene rings is 3. The van der Waals surface area contributed by atoms with E-state index in [1.807, 2.05) is 37.3 Å². The Balaban J connectivity index is 0.000000211. The zero-order valence-corrected chi connectivity index (χ0v) is 19.7. The van der Waals surface area contributed by atoms with Crippen LogP contribution in [0.1, 0.15) is 18.6 Å². The Morgan fingerprint density at radius 3 is 1.69 bits per heavy atom. The Kier molecular flexibility index (Phi) is 9.91.